The number of likely N-dealkylation sites (tertiary alicyclic amines) is 1. The summed E-state index contributed by atoms with van der Waals surface area (Å²) < 4.78 is 10.7. The van der Waals surface area contributed by atoms with Crippen molar-refractivity contribution in [3.8, 4) is 5.75 Å². The fourth-order valence-electron chi connectivity index (χ4n) is 3.84. The monoisotopic (exact) mass is 432 g/mol. The van der Waals surface area contributed by atoms with E-state index in [0.29, 0.717) is 22.6 Å². The van der Waals surface area contributed by atoms with Crippen LogP contribution in [0.3, 0.4) is 0 Å². The summed E-state index contributed by atoms with van der Waals surface area (Å²) in [6.07, 6.45) is 1.52. The summed E-state index contributed by atoms with van der Waals surface area (Å²) >= 11 is 0. The number of carbonyl (C=O) groups is 2. The Balaban J connectivity index is 1.85. The highest BCUT2D eigenvalue weighted by Gasteiger charge is 2.46. The van der Waals surface area contributed by atoms with Crippen molar-refractivity contribution in [2.75, 3.05) is 26.1 Å². The number of nitrogens with zero attached hydrogens (tertiary/aromatic N) is 2. The lowest BCUT2D eigenvalue weighted by Crippen LogP contribution is -2.29. The lowest BCUT2D eigenvalue weighted by molar-refractivity contribution is -0.140. The number of ketones is 1. The lowest BCUT2D eigenvalue weighted by Gasteiger charge is -2.25. The largest absolute Gasteiger partial charge is 0.507 e. The number of benzene rings is 2. The molecule has 1 amide bonds. The second kappa shape index (κ2) is 8.63. The Bertz CT molecular complexity index is 1160. The fraction of sp³-hybridized carbons (Fsp3) is 0.200. The van der Waals surface area contributed by atoms with E-state index in [4.69, 9.17) is 9.15 Å². The third kappa shape index (κ3) is 3.85. The third-order valence-corrected chi connectivity index (χ3v) is 5.51. The minimum atomic E-state index is -0.762. The van der Waals surface area contributed by atoms with Crippen LogP contribution in [0.4, 0.5) is 5.69 Å². The maximum absolute atomic E-state index is 13.1. The lowest BCUT2D eigenvalue weighted by atomic mass is 9.95. The molecule has 2 heterocycles. The highest BCUT2D eigenvalue weighted by molar-refractivity contribution is 6.46. The first-order valence-electron chi connectivity index (χ1n) is 10.1. The molecule has 1 aromatic heterocycles. The number of amides is 1. The van der Waals surface area contributed by atoms with Gasteiger partial charge in [0.2, 0.25) is 0 Å². The number of furan rings is 1. The highest BCUT2D eigenvalue weighted by Crippen LogP contribution is 2.41. The summed E-state index contributed by atoms with van der Waals surface area (Å²) in [5.74, 6) is -0.592. The number of methoxy groups -OCH3 is 1. The maximum Gasteiger partial charge on any atom is 0.296 e. The molecule has 0 spiro atoms. The van der Waals surface area contributed by atoms with Gasteiger partial charge in [-0.3, -0.25) is 9.59 Å². The van der Waals surface area contributed by atoms with Gasteiger partial charge in [0.1, 0.15) is 17.3 Å². The fourth-order valence-corrected chi connectivity index (χ4v) is 3.84. The summed E-state index contributed by atoms with van der Waals surface area (Å²) in [7, 11) is 5.38. The molecule has 4 rings (SSSR count). The van der Waals surface area contributed by atoms with Crippen LogP contribution in [-0.2, 0) is 16.1 Å². The number of anilines is 1. The van der Waals surface area contributed by atoms with Crippen molar-refractivity contribution < 1.29 is 23.8 Å². The van der Waals surface area contributed by atoms with Crippen molar-refractivity contribution >= 4 is 23.1 Å². The molecular weight excluding hydrogens is 408 g/mol. The molecule has 0 bridgehead atoms. The average molecular weight is 432 g/mol. The molecule has 0 saturated carbocycles. The van der Waals surface area contributed by atoms with E-state index in [-0.39, 0.29) is 17.9 Å². The van der Waals surface area contributed by atoms with Gasteiger partial charge in [-0.15, -0.1) is 0 Å². The molecular formula is C25H24N2O5. The van der Waals surface area contributed by atoms with E-state index >= 15 is 0 Å². The SMILES string of the molecule is COc1cccc(/C(O)=C2/C(=O)C(=O)N(Cc3ccco3)C2c2ccc(N(C)C)cc2)c1. The zero-order valence-electron chi connectivity index (χ0n) is 18.1. The predicted octanol–water partition coefficient (Wildman–Crippen LogP) is 3.98. The molecule has 1 aliphatic heterocycles. The third-order valence-electron chi connectivity index (χ3n) is 5.51. The first kappa shape index (κ1) is 21.2. The van der Waals surface area contributed by atoms with Gasteiger partial charge in [0, 0.05) is 25.3 Å². The van der Waals surface area contributed by atoms with Crippen molar-refractivity contribution in [3.05, 3.63) is 89.4 Å². The Hall–Kier alpha value is -4.00. The topological polar surface area (TPSA) is 83.2 Å². The molecule has 1 aliphatic rings. The van der Waals surface area contributed by atoms with Crippen LogP contribution in [0.15, 0.2) is 76.9 Å². The smallest absolute Gasteiger partial charge is 0.296 e. The molecule has 1 atom stereocenters. The Morgan fingerprint density at radius 1 is 1.09 bits per heavy atom. The van der Waals surface area contributed by atoms with E-state index in [1.165, 1.54) is 18.3 Å². The number of rotatable bonds is 6. The predicted molar refractivity (Wildman–Crippen MR) is 120 cm³/mol. The van der Waals surface area contributed by atoms with Gasteiger partial charge >= 0.3 is 0 Å². The van der Waals surface area contributed by atoms with Crippen molar-refractivity contribution in [1.29, 1.82) is 0 Å². The molecule has 7 heteroatoms. The van der Waals surface area contributed by atoms with E-state index in [2.05, 4.69) is 0 Å². The average Bonchev–Trinajstić information content (AvgIpc) is 3.41. The summed E-state index contributed by atoms with van der Waals surface area (Å²) in [6, 6.07) is 17.0. The first-order valence-corrected chi connectivity index (χ1v) is 10.1. The van der Waals surface area contributed by atoms with Gasteiger partial charge in [0.15, 0.2) is 0 Å². The molecule has 3 aromatic rings. The zero-order valence-corrected chi connectivity index (χ0v) is 18.1. The molecule has 164 valence electrons. The second-order valence-electron chi connectivity index (χ2n) is 7.72. The number of aliphatic hydroxyl groups is 1. The molecule has 1 unspecified atom stereocenters. The second-order valence-corrected chi connectivity index (χ2v) is 7.72. The standard InChI is InChI=1S/C25H24N2O5/c1-26(2)18-11-9-16(10-12-18)22-21(23(28)17-6-4-7-19(14-17)31-3)24(29)25(30)27(22)15-20-8-5-13-32-20/h4-14,22,28H,15H2,1-3H3/b23-21-. The van der Waals surface area contributed by atoms with Crippen LogP contribution in [0.1, 0.15) is 22.9 Å². The number of hydrogen-bond donors (Lipinski definition) is 1. The van der Waals surface area contributed by atoms with Gasteiger partial charge in [-0.05, 0) is 42.0 Å². The van der Waals surface area contributed by atoms with Crippen molar-refractivity contribution in [2.45, 2.75) is 12.6 Å². The molecule has 2 aromatic carbocycles. The Labute approximate surface area is 186 Å². The van der Waals surface area contributed by atoms with Crippen LogP contribution in [0.2, 0.25) is 0 Å². The van der Waals surface area contributed by atoms with Gasteiger partial charge in [-0.1, -0.05) is 24.3 Å². The number of hydrogen-bond acceptors (Lipinski definition) is 6. The Morgan fingerprint density at radius 3 is 2.47 bits per heavy atom. The van der Waals surface area contributed by atoms with Gasteiger partial charge in [0.25, 0.3) is 11.7 Å². The highest BCUT2D eigenvalue weighted by atomic mass is 16.5. The minimum Gasteiger partial charge on any atom is -0.507 e. The van der Waals surface area contributed by atoms with Crippen LogP contribution in [-0.4, -0.2) is 42.9 Å². The summed E-state index contributed by atoms with van der Waals surface area (Å²) in [5.41, 5.74) is 2.12. The molecule has 7 nitrogen and oxygen atoms in total. The van der Waals surface area contributed by atoms with Crippen molar-refractivity contribution in [1.82, 2.24) is 4.90 Å². The quantitative estimate of drug-likeness (QED) is 0.360. The van der Waals surface area contributed by atoms with Gasteiger partial charge < -0.3 is 24.1 Å². The van der Waals surface area contributed by atoms with Crippen LogP contribution in [0, 0.1) is 0 Å². The van der Waals surface area contributed by atoms with E-state index in [0.717, 1.165) is 5.69 Å². The minimum absolute atomic E-state index is 0.0346. The normalized spacial score (nSPS) is 17.6. The molecule has 1 fully saturated rings. The van der Waals surface area contributed by atoms with Crippen LogP contribution in [0.5, 0.6) is 5.75 Å². The number of Topliss-reactive ketones (excluding diaryl/α,β-unsaturated/α-hetero) is 1. The van der Waals surface area contributed by atoms with E-state index in [1.807, 2.05) is 43.3 Å². The van der Waals surface area contributed by atoms with Crippen LogP contribution >= 0.6 is 0 Å². The molecule has 1 saturated heterocycles. The maximum atomic E-state index is 13.1. The Morgan fingerprint density at radius 2 is 1.84 bits per heavy atom. The number of ether oxygens (including phenoxy) is 1. The van der Waals surface area contributed by atoms with E-state index in [9.17, 15) is 14.7 Å². The Kier molecular flexibility index (Phi) is 5.73. The van der Waals surface area contributed by atoms with Gasteiger partial charge in [-0.2, -0.15) is 0 Å². The van der Waals surface area contributed by atoms with Crippen LogP contribution in [0.25, 0.3) is 5.76 Å². The zero-order chi connectivity index (χ0) is 22.8. The number of aliphatic hydroxyl groups excluding tert-OH is 1. The van der Waals surface area contributed by atoms with Crippen LogP contribution < -0.4 is 9.64 Å². The van der Waals surface area contributed by atoms with E-state index < -0.39 is 17.7 Å². The van der Waals surface area contributed by atoms with Gasteiger partial charge in [0.05, 0.1) is 31.5 Å². The molecule has 0 aliphatic carbocycles. The molecule has 0 radical (unpaired) electrons. The number of carbonyl (C=O) groups excluding carboxylic acids is 2. The molecule has 1 N–H and O–H groups in total. The van der Waals surface area contributed by atoms with Gasteiger partial charge in [-0.25, -0.2) is 0 Å². The van der Waals surface area contributed by atoms with Crippen molar-refractivity contribution in [2.24, 2.45) is 0 Å². The summed E-state index contributed by atoms with van der Waals surface area (Å²) in [6.45, 7) is 0.104. The molecule has 32 heavy (non-hydrogen) atoms. The summed E-state index contributed by atoms with van der Waals surface area (Å²) in [5, 5.41) is 11.1. The van der Waals surface area contributed by atoms with Crippen molar-refractivity contribution in [3.63, 3.8) is 0 Å². The van der Waals surface area contributed by atoms with E-state index in [1.54, 1.807) is 36.4 Å². The summed E-state index contributed by atoms with van der Waals surface area (Å²) in [4.78, 5) is 29.5. The first-order chi connectivity index (χ1) is 15.4.